The summed E-state index contributed by atoms with van der Waals surface area (Å²) in [5.74, 6) is -2.17. The second-order valence-corrected chi connectivity index (χ2v) is 4.14. The van der Waals surface area contributed by atoms with Gasteiger partial charge in [-0.25, -0.2) is 0 Å². The molecule has 1 aromatic carbocycles. The molecule has 2 unspecified atom stereocenters. The first kappa shape index (κ1) is 11.4. The lowest BCUT2D eigenvalue weighted by molar-refractivity contribution is -0.148. The molecule has 90 valence electrons. The minimum absolute atomic E-state index is 0.0143. The predicted octanol–water partition coefficient (Wildman–Crippen LogP) is 1.51. The first-order valence-electron chi connectivity index (χ1n) is 5.25. The van der Waals surface area contributed by atoms with E-state index in [4.69, 9.17) is 9.84 Å². The molecule has 2 atom stereocenters. The number of hydrogen-bond donors (Lipinski definition) is 2. The highest BCUT2D eigenvalue weighted by molar-refractivity contribution is 5.83. The van der Waals surface area contributed by atoms with Crippen LogP contribution in [-0.2, 0) is 9.59 Å². The van der Waals surface area contributed by atoms with Gasteiger partial charge in [-0.15, -0.1) is 0 Å². The van der Waals surface area contributed by atoms with E-state index in [0.717, 1.165) is 5.56 Å². The number of fused-ring (bicyclic) bond motifs is 1. The van der Waals surface area contributed by atoms with Crippen molar-refractivity contribution < 1.29 is 24.5 Å². The molecule has 0 saturated heterocycles. The molecule has 1 aliphatic rings. The van der Waals surface area contributed by atoms with Gasteiger partial charge in [0.2, 0.25) is 0 Å². The third kappa shape index (κ3) is 2.08. The van der Waals surface area contributed by atoms with Gasteiger partial charge in [-0.1, -0.05) is 13.0 Å². The van der Waals surface area contributed by atoms with Crippen LogP contribution >= 0.6 is 0 Å². The summed E-state index contributed by atoms with van der Waals surface area (Å²) >= 11 is 0. The van der Waals surface area contributed by atoms with Gasteiger partial charge >= 0.3 is 11.9 Å². The Morgan fingerprint density at radius 1 is 1.47 bits per heavy atom. The quantitative estimate of drug-likeness (QED) is 0.600. The lowest BCUT2D eigenvalue weighted by atomic mass is 9.83. The number of rotatable bonds is 2. The van der Waals surface area contributed by atoms with Gasteiger partial charge < -0.3 is 14.9 Å². The summed E-state index contributed by atoms with van der Waals surface area (Å²) in [6.45, 7) is 1.78. The molecule has 1 aromatic rings. The van der Waals surface area contributed by atoms with E-state index in [-0.39, 0.29) is 18.1 Å². The lowest BCUT2D eigenvalue weighted by Gasteiger charge is -2.28. The maximum atomic E-state index is 11.6. The van der Waals surface area contributed by atoms with Crippen LogP contribution in [-0.4, -0.2) is 22.2 Å². The van der Waals surface area contributed by atoms with Gasteiger partial charge in [0.15, 0.2) is 0 Å². The topological polar surface area (TPSA) is 83.8 Å². The summed E-state index contributed by atoms with van der Waals surface area (Å²) in [6.07, 6.45) is -0.250. The fourth-order valence-corrected chi connectivity index (χ4v) is 2.04. The van der Waals surface area contributed by atoms with Crippen LogP contribution in [0.5, 0.6) is 11.5 Å². The molecule has 0 amide bonds. The zero-order valence-corrected chi connectivity index (χ0v) is 9.21. The number of carbonyl (C=O) groups excluding carboxylic acids is 1. The van der Waals surface area contributed by atoms with Gasteiger partial charge in [0.25, 0.3) is 0 Å². The molecule has 2 rings (SSSR count). The van der Waals surface area contributed by atoms with Crippen molar-refractivity contribution in [3.63, 3.8) is 0 Å². The molecule has 0 radical (unpaired) electrons. The van der Waals surface area contributed by atoms with Gasteiger partial charge in [0.1, 0.15) is 11.5 Å². The number of carbonyl (C=O) groups is 2. The van der Waals surface area contributed by atoms with E-state index in [1.165, 1.54) is 12.1 Å². The third-order valence-corrected chi connectivity index (χ3v) is 3.00. The predicted molar refractivity (Wildman–Crippen MR) is 57.9 cm³/mol. The van der Waals surface area contributed by atoms with Crippen molar-refractivity contribution in [2.75, 3.05) is 0 Å². The fourth-order valence-electron chi connectivity index (χ4n) is 2.04. The summed E-state index contributed by atoms with van der Waals surface area (Å²) in [6, 6.07) is 4.50. The number of esters is 1. The van der Waals surface area contributed by atoms with Crippen molar-refractivity contribution in [2.45, 2.75) is 19.3 Å². The minimum atomic E-state index is -1.03. The number of aliphatic carboxylic acids is 1. The smallest absolute Gasteiger partial charge is 0.315 e. The van der Waals surface area contributed by atoms with E-state index in [0.29, 0.717) is 5.75 Å². The molecule has 5 nitrogen and oxygen atoms in total. The normalized spacial score (nSPS) is 22.8. The van der Waals surface area contributed by atoms with Crippen molar-refractivity contribution >= 4 is 11.9 Å². The third-order valence-electron chi connectivity index (χ3n) is 3.00. The highest BCUT2D eigenvalue weighted by Gasteiger charge is 2.36. The molecule has 5 heteroatoms. The number of carboxylic acids is 1. The number of benzene rings is 1. The van der Waals surface area contributed by atoms with Crippen LogP contribution in [0, 0.1) is 5.92 Å². The summed E-state index contributed by atoms with van der Waals surface area (Å²) in [5.41, 5.74) is 0.744. The van der Waals surface area contributed by atoms with E-state index >= 15 is 0 Å². The Labute approximate surface area is 97.6 Å². The Hall–Kier alpha value is -2.04. The van der Waals surface area contributed by atoms with Gasteiger partial charge in [0.05, 0.1) is 12.3 Å². The molecule has 0 fully saturated rings. The summed E-state index contributed by atoms with van der Waals surface area (Å²) in [4.78, 5) is 22.3. The maximum Gasteiger partial charge on any atom is 0.315 e. The van der Waals surface area contributed by atoms with Gasteiger partial charge in [-0.2, -0.15) is 0 Å². The molecule has 0 saturated carbocycles. The molecular weight excluding hydrogens is 224 g/mol. The summed E-state index contributed by atoms with van der Waals surface area (Å²) in [7, 11) is 0. The zero-order valence-electron chi connectivity index (χ0n) is 9.21. The van der Waals surface area contributed by atoms with E-state index in [2.05, 4.69) is 0 Å². The van der Waals surface area contributed by atoms with Crippen molar-refractivity contribution in [1.82, 2.24) is 0 Å². The largest absolute Gasteiger partial charge is 0.508 e. The van der Waals surface area contributed by atoms with Gasteiger partial charge in [-0.3, -0.25) is 9.59 Å². The standard InChI is InChI=1S/C12H12O5/c1-6-8-3-2-7(13)4-10(8)17-12(16)9(6)5-11(14)15/h2-4,6,9,13H,5H2,1H3,(H,14,15). The van der Waals surface area contributed by atoms with Crippen molar-refractivity contribution in [2.24, 2.45) is 5.92 Å². The number of ether oxygens (including phenoxy) is 1. The average molecular weight is 236 g/mol. The Kier molecular flexibility index (Phi) is 2.75. The van der Waals surface area contributed by atoms with Crippen LogP contribution in [0.4, 0.5) is 0 Å². The van der Waals surface area contributed by atoms with E-state index < -0.39 is 17.9 Å². The van der Waals surface area contributed by atoms with Crippen LogP contribution in [0.25, 0.3) is 0 Å². The first-order chi connectivity index (χ1) is 7.99. The van der Waals surface area contributed by atoms with Crippen LogP contribution in [0.3, 0.4) is 0 Å². The van der Waals surface area contributed by atoms with E-state index in [1.807, 2.05) is 0 Å². The fraction of sp³-hybridized carbons (Fsp3) is 0.333. The molecule has 1 aliphatic heterocycles. The Bertz CT molecular complexity index is 480. The zero-order chi connectivity index (χ0) is 12.6. The van der Waals surface area contributed by atoms with Crippen LogP contribution in [0.15, 0.2) is 18.2 Å². The molecule has 0 aliphatic carbocycles. The maximum absolute atomic E-state index is 11.6. The summed E-state index contributed by atoms with van der Waals surface area (Å²) in [5, 5.41) is 18.0. The Morgan fingerprint density at radius 2 is 2.18 bits per heavy atom. The molecular formula is C12H12O5. The SMILES string of the molecule is CC1c2ccc(O)cc2OC(=O)C1CC(=O)O. The van der Waals surface area contributed by atoms with E-state index in [9.17, 15) is 14.7 Å². The van der Waals surface area contributed by atoms with Crippen molar-refractivity contribution in [1.29, 1.82) is 0 Å². The van der Waals surface area contributed by atoms with E-state index in [1.54, 1.807) is 13.0 Å². The number of aromatic hydroxyl groups is 1. The molecule has 1 heterocycles. The second kappa shape index (κ2) is 4.08. The van der Waals surface area contributed by atoms with Gasteiger partial charge in [0, 0.05) is 6.07 Å². The Balaban J connectivity index is 2.36. The number of phenolic OH excluding ortho intramolecular Hbond substituents is 1. The van der Waals surface area contributed by atoms with Crippen LogP contribution in [0.1, 0.15) is 24.8 Å². The number of hydrogen-bond acceptors (Lipinski definition) is 4. The van der Waals surface area contributed by atoms with Crippen LogP contribution in [0.2, 0.25) is 0 Å². The lowest BCUT2D eigenvalue weighted by Crippen LogP contribution is -2.32. The molecule has 0 spiro atoms. The van der Waals surface area contributed by atoms with Crippen molar-refractivity contribution in [3.8, 4) is 11.5 Å². The Morgan fingerprint density at radius 3 is 2.82 bits per heavy atom. The highest BCUT2D eigenvalue weighted by atomic mass is 16.5. The molecule has 0 bridgehead atoms. The van der Waals surface area contributed by atoms with Gasteiger partial charge in [-0.05, 0) is 17.5 Å². The monoisotopic (exact) mass is 236 g/mol. The second-order valence-electron chi connectivity index (χ2n) is 4.14. The first-order valence-corrected chi connectivity index (χ1v) is 5.25. The summed E-state index contributed by atoms with van der Waals surface area (Å²) < 4.78 is 5.03. The molecule has 2 N–H and O–H groups in total. The molecule has 0 aromatic heterocycles. The van der Waals surface area contributed by atoms with Crippen LogP contribution < -0.4 is 4.74 Å². The molecule has 17 heavy (non-hydrogen) atoms. The average Bonchev–Trinajstić information content (AvgIpc) is 2.23. The van der Waals surface area contributed by atoms with Crippen molar-refractivity contribution in [3.05, 3.63) is 23.8 Å². The highest BCUT2D eigenvalue weighted by Crippen LogP contribution is 2.40. The number of phenols is 1. The number of carboxylic acid groups (broad SMARTS) is 1. The minimum Gasteiger partial charge on any atom is -0.508 e.